The molecule has 1 aromatic heterocycles. The van der Waals surface area contributed by atoms with Gasteiger partial charge in [-0.1, -0.05) is 18.2 Å². The van der Waals surface area contributed by atoms with Crippen molar-refractivity contribution in [2.24, 2.45) is 11.7 Å². The smallest absolute Gasteiger partial charge is 0.245 e. The maximum atomic E-state index is 13.1. The van der Waals surface area contributed by atoms with E-state index in [2.05, 4.69) is 46.9 Å². The van der Waals surface area contributed by atoms with Crippen molar-refractivity contribution in [1.29, 1.82) is 0 Å². The molecule has 2 aliphatic rings. The van der Waals surface area contributed by atoms with E-state index < -0.39 is 0 Å². The van der Waals surface area contributed by atoms with Crippen LogP contribution in [-0.2, 0) is 11.2 Å². The Morgan fingerprint density at radius 1 is 1.30 bits per heavy atom. The molecule has 6 nitrogen and oxygen atoms in total. The van der Waals surface area contributed by atoms with Crippen molar-refractivity contribution in [2.45, 2.75) is 32.7 Å². The number of nitrogens with two attached hydrogens (primary N) is 1. The van der Waals surface area contributed by atoms with E-state index in [-0.39, 0.29) is 29.8 Å². The summed E-state index contributed by atoms with van der Waals surface area (Å²) in [7, 11) is 2.09. The molecule has 7 heteroatoms. The van der Waals surface area contributed by atoms with Gasteiger partial charge in [-0.25, -0.2) is 0 Å². The highest BCUT2D eigenvalue weighted by molar-refractivity contribution is 9.10. The van der Waals surface area contributed by atoms with E-state index in [0.717, 1.165) is 33.1 Å². The quantitative estimate of drug-likeness (QED) is 0.741. The lowest BCUT2D eigenvalue weighted by atomic mass is 9.71. The van der Waals surface area contributed by atoms with Crippen LogP contribution in [0.5, 0.6) is 0 Å². The van der Waals surface area contributed by atoms with Crippen molar-refractivity contribution in [3.8, 4) is 0 Å². The topological polar surface area (TPSA) is 71.6 Å². The van der Waals surface area contributed by atoms with Gasteiger partial charge in [0.1, 0.15) is 0 Å². The molecular formula is C23H29BrN4O2. The van der Waals surface area contributed by atoms with E-state index in [1.165, 1.54) is 5.57 Å². The van der Waals surface area contributed by atoms with Gasteiger partial charge in [0.05, 0.1) is 22.6 Å². The molecule has 0 spiro atoms. The highest BCUT2D eigenvalue weighted by Gasteiger charge is 2.45. The zero-order valence-corrected chi connectivity index (χ0v) is 19.6. The minimum Gasteiger partial charge on any atom is -0.343 e. The van der Waals surface area contributed by atoms with Crippen LogP contribution >= 0.6 is 15.9 Å². The van der Waals surface area contributed by atoms with Crippen LogP contribution in [0, 0.1) is 5.92 Å². The van der Waals surface area contributed by atoms with Crippen LogP contribution in [-0.4, -0.2) is 64.9 Å². The molecule has 160 valence electrons. The molecule has 0 unspecified atom stereocenters. The van der Waals surface area contributed by atoms with E-state index in [1.807, 2.05) is 30.9 Å². The van der Waals surface area contributed by atoms with Crippen LogP contribution in [0.3, 0.4) is 0 Å². The highest BCUT2D eigenvalue weighted by atomic mass is 79.9. The summed E-state index contributed by atoms with van der Waals surface area (Å²) in [6.07, 6.45) is 2.94. The average Bonchev–Trinajstić information content (AvgIpc) is 3.01. The van der Waals surface area contributed by atoms with E-state index >= 15 is 0 Å². The average molecular weight is 473 g/mol. The molecule has 0 saturated heterocycles. The molecule has 0 radical (unpaired) electrons. The Balaban J connectivity index is 1.94. The van der Waals surface area contributed by atoms with Crippen molar-refractivity contribution >= 4 is 44.2 Å². The van der Waals surface area contributed by atoms with E-state index in [9.17, 15) is 9.59 Å². The fraction of sp³-hybridized carbons (Fsp3) is 0.478. The van der Waals surface area contributed by atoms with Gasteiger partial charge in [0.25, 0.3) is 0 Å². The number of fused-ring (bicyclic) bond motifs is 2. The third kappa shape index (κ3) is 2.90. The lowest BCUT2D eigenvalue weighted by Crippen LogP contribution is -2.54. The second kappa shape index (κ2) is 7.62. The first kappa shape index (κ1) is 21.3. The molecule has 30 heavy (non-hydrogen) atoms. The molecule has 0 bridgehead atoms. The zero-order chi connectivity index (χ0) is 21.8. The van der Waals surface area contributed by atoms with Crippen LogP contribution in [0.4, 0.5) is 0 Å². The molecule has 2 heterocycles. The molecule has 2 aromatic rings. The van der Waals surface area contributed by atoms with Crippen molar-refractivity contribution in [3.05, 3.63) is 40.0 Å². The van der Waals surface area contributed by atoms with Crippen LogP contribution in [0.2, 0.25) is 0 Å². The van der Waals surface area contributed by atoms with E-state index in [4.69, 9.17) is 5.73 Å². The van der Waals surface area contributed by atoms with Gasteiger partial charge >= 0.3 is 0 Å². The Labute approximate surface area is 185 Å². The number of amides is 1. The predicted octanol–water partition coefficient (Wildman–Crippen LogP) is 3.13. The lowest BCUT2D eigenvalue weighted by Gasteiger charge is -2.48. The number of benzene rings is 1. The third-order valence-corrected chi connectivity index (χ3v) is 7.75. The monoisotopic (exact) mass is 472 g/mol. The molecule has 2 atom stereocenters. The number of halogens is 1. The van der Waals surface area contributed by atoms with Gasteiger partial charge in [-0.3, -0.25) is 19.1 Å². The van der Waals surface area contributed by atoms with Crippen LogP contribution < -0.4 is 5.73 Å². The summed E-state index contributed by atoms with van der Waals surface area (Å²) in [5.41, 5.74) is 9.71. The summed E-state index contributed by atoms with van der Waals surface area (Å²) >= 11 is 3.69. The van der Waals surface area contributed by atoms with Crippen LogP contribution in [0.1, 0.15) is 36.7 Å². The third-order valence-electron chi connectivity index (χ3n) is 6.92. The predicted molar refractivity (Wildman–Crippen MR) is 123 cm³/mol. The molecule has 0 fully saturated rings. The molecule has 0 saturated carbocycles. The number of rotatable bonds is 4. The van der Waals surface area contributed by atoms with Crippen molar-refractivity contribution in [1.82, 2.24) is 14.4 Å². The minimum absolute atomic E-state index is 0.0492. The summed E-state index contributed by atoms with van der Waals surface area (Å²) in [5, 5.41) is 1.08. The number of carbonyl (C=O) groups excluding carboxylic acids is 2. The Morgan fingerprint density at radius 2 is 2.00 bits per heavy atom. The zero-order valence-electron chi connectivity index (χ0n) is 18.0. The fourth-order valence-corrected chi connectivity index (χ4v) is 5.84. The Kier molecular flexibility index (Phi) is 5.41. The van der Waals surface area contributed by atoms with Crippen molar-refractivity contribution < 1.29 is 9.59 Å². The van der Waals surface area contributed by atoms with Crippen molar-refractivity contribution in [3.63, 3.8) is 0 Å². The summed E-state index contributed by atoms with van der Waals surface area (Å²) in [5.74, 6) is -0.135. The standard InChI is InChI=1S/C23H29BrN4O2/c1-5-27(6-2)22(30)14-10-17-15-8-7-9-18-20(15)16(11-23(17,3)26(4)13-14)21(24)28(18)19(29)12-25/h7-10,14H,5-6,11-13,25H2,1-4H3/t14-,23-/m1/s1. The first-order chi connectivity index (χ1) is 14.3. The van der Waals surface area contributed by atoms with Gasteiger partial charge in [-0.15, -0.1) is 0 Å². The number of likely N-dealkylation sites (N-methyl/N-ethyl adjacent to an activating group) is 1. The summed E-state index contributed by atoms with van der Waals surface area (Å²) in [6.45, 7) is 8.33. The van der Waals surface area contributed by atoms with Gasteiger partial charge in [-0.05, 0) is 72.9 Å². The molecule has 1 aromatic carbocycles. The normalized spacial score (nSPS) is 23.3. The van der Waals surface area contributed by atoms with Crippen molar-refractivity contribution in [2.75, 3.05) is 33.2 Å². The summed E-state index contributed by atoms with van der Waals surface area (Å²) in [4.78, 5) is 29.9. The SMILES string of the molecule is CCN(CC)C(=O)[C@@H]1C=C2c3cccc4c3c(c(Br)n4C(=O)CN)C[C@@]2(C)N(C)C1. The van der Waals surface area contributed by atoms with Crippen LogP contribution in [0.15, 0.2) is 28.9 Å². The molecule has 2 N–H and O–H groups in total. The second-order valence-corrected chi connectivity index (χ2v) is 9.18. The number of carbonyl (C=O) groups is 2. The largest absolute Gasteiger partial charge is 0.343 e. The first-order valence-corrected chi connectivity index (χ1v) is 11.4. The van der Waals surface area contributed by atoms with Crippen LogP contribution in [0.25, 0.3) is 16.5 Å². The Morgan fingerprint density at radius 3 is 2.63 bits per heavy atom. The number of hydrogen-bond donors (Lipinski definition) is 1. The summed E-state index contributed by atoms with van der Waals surface area (Å²) in [6, 6.07) is 6.06. The fourth-order valence-electron chi connectivity index (χ4n) is 5.12. The second-order valence-electron chi connectivity index (χ2n) is 8.43. The highest BCUT2D eigenvalue weighted by Crippen LogP contribution is 2.49. The Bertz CT molecular complexity index is 1070. The number of aromatic nitrogens is 1. The molecular weight excluding hydrogens is 444 g/mol. The first-order valence-electron chi connectivity index (χ1n) is 10.6. The van der Waals surface area contributed by atoms with Gasteiger partial charge in [0.15, 0.2) is 0 Å². The maximum absolute atomic E-state index is 13.1. The lowest BCUT2D eigenvalue weighted by molar-refractivity contribution is -0.134. The van der Waals surface area contributed by atoms with E-state index in [0.29, 0.717) is 19.6 Å². The van der Waals surface area contributed by atoms with Gasteiger partial charge in [0.2, 0.25) is 11.8 Å². The van der Waals surface area contributed by atoms with Gasteiger partial charge in [-0.2, -0.15) is 0 Å². The van der Waals surface area contributed by atoms with Gasteiger partial charge in [0, 0.05) is 30.6 Å². The van der Waals surface area contributed by atoms with E-state index in [1.54, 1.807) is 4.57 Å². The number of hydrogen-bond acceptors (Lipinski definition) is 4. The molecule has 4 rings (SSSR count). The Hall–Kier alpha value is -1.96. The molecule has 1 amide bonds. The maximum Gasteiger partial charge on any atom is 0.245 e. The number of nitrogens with zero attached hydrogens (tertiary/aromatic N) is 3. The molecule has 1 aliphatic carbocycles. The minimum atomic E-state index is -0.248. The van der Waals surface area contributed by atoms with Gasteiger partial charge < -0.3 is 10.6 Å². The summed E-state index contributed by atoms with van der Waals surface area (Å²) < 4.78 is 2.48. The molecule has 1 aliphatic heterocycles.